The Balaban J connectivity index is 1.63. The lowest BCUT2D eigenvalue weighted by molar-refractivity contribution is -0.127. The molecule has 3 aromatic heterocycles. The molecule has 4 heterocycles. The highest BCUT2D eigenvalue weighted by Gasteiger charge is 2.32. The fourth-order valence-electron chi connectivity index (χ4n) is 3.10. The Labute approximate surface area is 153 Å². The zero-order valence-electron chi connectivity index (χ0n) is 13.3. The highest BCUT2D eigenvalue weighted by molar-refractivity contribution is 7.12. The summed E-state index contributed by atoms with van der Waals surface area (Å²) in [6.07, 6.45) is 4.62. The first-order valence-corrected chi connectivity index (χ1v) is 10.4. The van der Waals surface area contributed by atoms with Crippen LogP contribution in [0.2, 0.25) is 0 Å². The predicted octanol–water partition coefficient (Wildman–Crippen LogP) is 5.37. The molecule has 0 aliphatic carbocycles. The molecule has 0 bridgehead atoms. The van der Waals surface area contributed by atoms with Crippen molar-refractivity contribution in [2.45, 2.75) is 19.4 Å². The molecule has 0 fully saturated rings. The number of thiophene rings is 3. The maximum atomic E-state index is 12.9. The molecular weight excluding hydrogens is 354 g/mol. The van der Waals surface area contributed by atoms with Crippen LogP contribution in [-0.4, -0.2) is 17.4 Å². The van der Waals surface area contributed by atoms with Gasteiger partial charge in [0.1, 0.15) is 0 Å². The lowest BCUT2D eigenvalue weighted by atomic mass is 9.98. The molecule has 2 nitrogen and oxygen atoms in total. The van der Waals surface area contributed by atoms with Crippen molar-refractivity contribution in [3.63, 3.8) is 0 Å². The van der Waals surface area contributed by atoms with Crippen LogP contribution in [0.4, 0.5) is 0 Å². The Morgan fingerprint density at radius 2 is 2.12 bits per heavy atom. The lowest BCUT2D eigenvalue weighted by Crippen LogP contribution is -2.38. The number of nitrogens with zero attached hydrogens (tertiary/aromatic N) is 1. The van der Waals surface area contributed by atoms with Gasteiger partial charge in [0.25, 0.3) is 0 Å². The molecular formula is C19H17NOS3. The predicted molar refractivity (Wildman–Crippen MR) is 104 cm³/mol. The van der Waals surface area contributed by atoms with Gasteiger partial charge in [-0.1, -0.05) is 6.07 Å². The zero-order chi connectivity index (χ0) is 16.5. The number of hydrogen-bond acceptors (Lipinski definition) is 4. The molecule has 0 unspecified atom stereocenters. The van der Waals surface area contributed by atoms with E-state index in [9.17, 15) is 4.79 Å². The van der Waals surface area contributed by atoms with E-state index in [-0.39, 0.29) is 11.9 Å². The highest BCUT2D eigenvalue weighted by Crippen LogP contribution is 2.39. The standard InChI is InChI=1S/C19H17NOS3/c1-13-4-5-14(24-13)6-7-18(21)20-10-8-16-15(9-12-23-16)19(20)17-3-2-11-22-17/h2-7,9,11-12,19H,8,10H2,1H3/b7-6+/t19-/m0/s1. The summed E-state index contributed by atoms with van der Waals surface area (Å²) in [6, 6.07) is 10.6. The number of carbonyl (C=O) groups excluding carboxylic acids is 1. The molecule has 1 atom stereocenters. The molecule has 0 saturated heterocycles. The van der Waals surface area contributed by atoms with E-state index < -0.39 is 0 Å². The normalized spacial score (nSPS) is 17.4. The van der Waals surface area contributed by atoms with Crippen molar-refractivity contribution in [2.24, 2.45) is 0 Å². The van der Waals surface area contributed by atoms with Gasteiger partial charge in [0.15, 0.2) is 0 Å². The van der Waals surface area contributed by atoms with Gasteiger partial charge in [0.05, 0.1) is 6.04 Å². The van der Waals surface area contributed by atoms with E-state index in [1.54, 1.807) is 40.1 Å². The second kappa shape index (κ2) is 6.67. The van der Waals surface area contributed by atoms with Gasteiger partial charge in [-0.15, -0.1) is 34.0 Å². The summed E-state index contributed by atoms with van der Waals surface area (Å²) < 4.78 is 0. The molecule has 5 heteroatoms. The van der Waals surface area contributed by atoms with E-state index in [0.717, 1.165) is 17.8 Å². The van der Waals surface area contributed by atoms with Crippen LogP contribution in [0.25, 0.3) is 6.08 Å². The number of hydrogen-bond donors (Lipinski definition) is 0. The smallest absolute Gasteiger partial charge is 0.247 e. The average molecular weight is 372 g/mol. The van der Waals surface area contributed by atoms with Crippen LogP contribution >= 0.6 is 34.0 Å². The molecule has 4 rings (SSSR count). The summed E-state index contributed by atoms with van der Waals surface area (Å²) in [7, 11) is 0. The van der Waals surface area contributed by atoms with Gasteiger partial charge >= 0.3 is 0 Å². The van der Waals surface area contributed by atoms with E-state index in [1.807, 2.05) is 11.0 Å². The molecule has 1 aliphatic rings. The number of rotatable bonds is 3. The maximum Gasteiger partial charge on any atom is 0.247 e. The fraction of sp³-hybridized carbons (Fsp3) is 0.211. The van der Waals surface area contributed by atoms with Gasteiger partial charge in [-0.3, -0.25) is 4.79 Å². The number of carbonyl (C=O) groups is 1. The molecule has 24 heavy (non-hydrogen) atoms. The minimum atomic E-state index is 0.0576. The van der Waals surface area contributed by atoms with E-state index >= 15 is 0 Å². The van der Waals surface area contributed by atoms with Crippen LogP contribution in [0.5, 0.6) is 0 Å². The topological polar surface area (TPSA) is 20.3 Å². The third-order valence-corrected chi connectivity index (χ3v) is 7.10. The Hall–Kier alpha value is -1.69. The monoisotopic (exact) mass is 371 g/mol. The van der Waals surface area contributed by atoms with Gasteiger partial charge < -0.3 is 4.90 Å². The van der Waals surface area contributed by atoms with Crippen LogP contribution < -0.4 is 0 Å². The Kier molecular flexibility index (Phi) is 4.39. The summed E-state index contributed by atoms with van der Waals surface area (Å²) >= 11 is 5.24. The summed E-state index contributed by atoms with van der Waals surface area (Å²) in [6.45, 7) is 2.86. The molecule has 1 amide bonds. The van der Waals surface area contributed by atoms with Gasteiger partial charge in [-0.05, 0) is 60.0 Å². The molecule has 3 aromatic rings. The molecule has 0 N–H and O–H groups in total. The average Bonchev–Trinajstić information content (AvgIpc) is 3.32. The second-order valence-corrected chi connectivity index (χ2v) is 9.08. The SMILES string of the molecule is Cc1ccc(/C=C/C(=O)N2CCc3sccc3[C@H]2c2cccs2)s1. The van der Waals surface area contributed by atoms with Crippen molar-refractivity contribution in [1.29, 1.82) is 0 Å². The summed E-state index contributed by atoms with van der Waals surface area (Å²) in [4.78, 5) is 19.9. The Bertz CT molecular complexity index is 872. The summed E-state index contributed by atoms with van der Waals surface area (Å²) in [5, 5.41) is 4.23. The zero-order valence-corrected chi connectivity index (χ0v) is 15.7. The third kappa shape index (κ3) is 2.99. The van der Waals surface area contributed by atoms with E-state index in [2.05, 4.69) is 48.0 Å². The molecule has 122 valence electrons. The Morgan fingerprint density at radius 3 is 2.88 bits per heavy atom. The van der Waals surface area contributed by atoms with Crippen molar-refractivity contribution < 1.29 is 4.79 Å². The first-order valence-electron chi connectivity index (χ1n) is 7.87. The van der Waals surface area contributed by atoms with Crippen LogP contribution in [0.15, 0.2) is 47.2 Å². The van der Waals surface area contributed by atoms with Gasteiger partial charge in [-0.25, -0.2) is 0 Å². The number of amides is 1. The molecule has 1 aliphatic heterocycles. The third-order valence-electron chi connectivity index (χ3n) is 4.21. The van der Waals surface area contributed by atoms with Crippen LogP contribution in [-0.2, 0) is 11.2 Å². The number of aryl methyl sites for hydroxylation is 1. The highest BCUT2D eigenvalue weighted by atomic mass is 32.1. The molecule has 0 spiro atoms. The minimum Gasteiger partial charge on any atom is -0.327 e. The summed E-state index contributed by atoms with van der Waals surface area (Å²) in [5.74, 6) is 0.0938. The van der Waals surface area contributed by atoms with Crippen molar-refractivity contribution in [2.75, 3.05) is 6.54 Å². The molecule has 0 radical (unpaired) electrons. The van der Waals surface area contributed by atoms with Crippen molar-refractivity contribution in [3.05, 3.63) is 72.2 Å². The second-order valence-electron chi connectivity index (χ2n) is 5.78. The minimum absolute atomic E-state index is 0.0576. The van der Waals surface area contributed by atoms with E-state index in [0.29, 0.717) is 0 Å². The van der Waals surface area contributed by atoms with Gasteiger partial charge in [0, 0.05) is 32.1 Å². The Morgan fingerprint density at radius 1 is 1.21 bits per heavy atom. The summed E-state index contributed by atoms with van der Waals surface area (Å²) in [5.41, 5.74) is 1.29. The van der Waals surface area contributed by atoms with Crippen LogP contribution in [0.1, 0.15) is 31.1 Å². The van der Waals surface area contributed by atoms with E-state index in [4.69, 9.17) is 0 Å². The van der Waals surface area contributed by atoms with Crippen LogP contribution in [0, 0.1) is 6.92 Å². The quantitative estimate of drug-likeness (QED) is 0.567. The van der Waals surface area contributed by atoms with Crippen molar-refractivity contribution in [1.82, 2.24) is 4.90 Å². The van der Waals surface area contributed by atoms with Gasteiger partial charge in [0.2, 0.25) is 5.91 Å². The first kappa shape index (κ1) is 15.8. The van der Waals surface area contributed by atoms with Gasteiger partial charge in [-0.2, -0.15) is 0 Å². The van der Waals surface area contributed by atoms with Crippen molar-refractivity contribution >= 4 is 46.0 Å². The largest absolute Gasteiger partial charge is 0.327 e. The van der Waals surface area contributed by atoms with E-state index in [1.165, 1.54) is 20.2 Å². The fourth-order valence-corrected chi connectivity index (χ4v) is 5.64. The van der Waals surface area contributed by atoms with Crippen LogP contribution in [0.3, 0.4) is 0 Å². The van der Waals surface area contributed by atoms with Crippen molar-refractivity contribution in [3.8, 4) is 0 Å². The molecule has 0 saturated carbocycles. The molecule has 0 aromatic carbocycles. The maximum absolute atomic E-state index is 12.9. The first-order chi connectivity index (χ1) is 11.7. The number of fused-ring (bicyclic) bond motifs is 1. The lowest BCUT2D eigenvalue weighted by Gasteiger charge is -2.34.